The van der Waals surface area contributed by atoms with Gasteiger partial charge >= 0.3 is 0 Å². The number of hydrogen-bond acceptors (Lipinski definition) is 3. The Morgan fingerprint density at radius 1 is 1.39 bits per heavy atom. The lowest BCUT2D eigenvalue weighted by Crippen LogP contribution is -2.56. The van der Waals surface area contributed by atoms with E-state index in [2.05, 4.69) is 24.3 Å². The van der Waals surface area contributed by atoms with Crippen molar-refractivity contribution in [2.75, 3.05) is 20.6 Å². The Morgan fingerprint density at radius 2 is 2.11 bits per heavy atom. The molecule has 0 aliphatic heterocycles. The van der Waals surface area contributed by atoms with Crippen LogP contribution in [0.4, 0.5) is 0 Å². The topological polar surface area (TPSA) is 35.5 Å². The van der Waals surface area contributed by atoms with Crippen LogP contribution in [0, 0.1) is 0 Å². The molecule has 2 N–H and O–H groups in total. The van der Waals surface area contributed by atoms with Crippen molar-refractivity contribution >= 4 is 11.6 Å². The second-order valence-corrected chi connectivity index (χ2v) is 5.77. The third-order valence-corrected chi connectivity index (χ3v) is 4.33. The summed E-state index contributed by atoms with van der Waals surface area (Å²) in [5.41, 5.74) is 1.44. The predicted molar refractivity (Wildman–Crippen MR) is 75.1 cm³/mol. The fraction of sp³-hybridized carbons (Fsp3) is 0.571. The molecule has 100 valence electrons. The van der Waals surface area contributed by atoms with Crippen LogP contribution in [0.5, 0.6) is 5.75 Å². The highest BCUT2D eigenvalue weighted by molar-refractivity contribution is 6.32. The Hall–Kier alpha value is -0.770. The van der Waals surface area contributed by atoms with Crippen molar-refractivity contribution in [3.05, 3.63) is 28.8 Å². The molecular formula is C14H21ClN2O. The number of halogens is 1. The van der Waals surface area contributed by atoms with Crippen molar-refractivity contribution in [3.8, 4) is 5.75 Å². The van der Waals surface area contributed by atoms with Gasteiger partial charge in [0.2, 0.25) is 0 Å². The zero-order valence-electron chi connectivity index (χ0n) is 11.0. The van der Waals surface area contributed by atoms with Crippen LogP contribution in [-0.4, -0.2) is 36.2 Å². The minimum atomic E-state index is 0.143. The van der Waals surface area contributed by atoms with Crippen molar-refractivity contribution in [2.24, 2.45) is 0 Å². The Morgan fingerprint density at radius 3 is 2.61 bits per heavy atom. The first kappa shape index (κ1) is 13.7. The summed E-state index contributed by atoms with van der Waals surface area (Å²) in [7, 11) is 4.30. The number of benzene rings is 1. The van der Waals surface area contributed by atoms with Crippen LogP contribution in [-0.2, 0) is 6.54 Å². The number of hydrogen-bond donors (Lipinski definition) is 2. The maximum atomic E-state index is 9.36. The highest BCUT2D eigenvalue weighted by Gasteiger charge is 2.38. The summed E-state index contributed by atoms with van der Waals surface area (Å²) in [6.45, 7) is 1.79. The van der Waals surface area contributed by atoms with E-state index in [4.69, 9.17) is 11.6 Å². The molecule has 0 bridgehead atoms. The van der Waals surface area contributed by atoms with Crippen molar-refractivity contribution in [1.29, 1.82) is 0 Å². The van der Waals surface area contributed by atoms with Gasteiger partial charge < -0.3 is 15.3 Å². The number of likely N-dealkylation sites (N-methyl/N-ethyl adjacent to an activating group) is 1. The fourth-order valence-electron chi connectivity index (χ4n) is 2.47. The van der Waals surface area contributed by atoms with Gasteiger partial charge in [0.15, 0.2) is 0 Å². The number of nitrogens with one attached hydrogen (secondary N) is 1. The maximum Gasteiger partial charge on any atom is 0.134 e. The molecule has 18 heavy (non-hydrogen) atoms. The van der Waals surface area contributed by atoms with Gasteiger partial charge in [0.25, 0.3) is 0 Å². The Balaban J connectivity index is 1.86. The molecule has 1 aromatic rings. The van der Waals surface area contributed by atoms with Gasteiger partial charge in [-0.05, 0) is 51.1 Å². The first-order valence-corrected chi connectivity index (χ1v) is 6.77. The molecule has 1 aliphatic rings. The molecule has 1 aromatic carbocycles. The van der Waals surface area contributed by atoms with Crippen molar-refractivity contribution in [2.45, 2.75) is 31.3 Å². The van der Waals surface area contributed by atoms with Gasteiger partial charge in [-0.2, -0.15) is 0 Å². The van der Waals surface area contributed by atoms with E-state index in [9.17, 15) is 5.11 Å². The molecule has 0 heterocycles. The summed E-state index contributed by atoms with van der Waals surface area (Å²) >= 11 is 5.89. The van der Waals surface area contributed by atoms with E-state index in [1.54, 1.807) is 6.07 Å². The molecule has 0 atom stereocenters. The molecule has 0 aromatic heterocycles. The summed E-state index contributed by atoms with van der Waals surface area (Å²) < 4.78 is 0. The first-order valence-electron chi connectivity index (χ1n) is 6.39. The Bertz CT molecular complexity index is 416. The van der Waals surface area contributed by atoms with Gasteiger partial charge in [-0.25, -0.2) is 0 Å². The minimum absolute atomic E-state index is 0.143. The summed E-state index contributed by atoms with van der Waals surface area (Å²) in [5.74, 6) is 0.143. The van der Waals surface area contributed by atoms with E-state index >= 15 is 0 Å². The van der Waals surface area contributed by atoms with Crippen LogP contribution in [0.15, 0.2) is 18.2 Å². The molecule has 1 fully saturated rings. The molecule has 2 rings (SSSR count). The van der Waals surface area contributed by atoms with Crippen molar-refractivity contribution in [1.82, 2.24) is 10.2 Å². The fourth-order valence-corrected chi connectivity index (χ4v) is 2.67. The van der Waals surface area contributed by atoms with E-state index in [0.29, 0.717) is 10.6 Å². The van der Waals surface area contributed by atoms with E-state index in [-0.39, 0.29) is 5.75 Å². The van der Waals surface area contributed by atoms with Gasteiger partial charge in [0.05, 0.1) is 5.02 Å². The van der Waals surface area contributed by atoms with Gasteiger partial charge in [-0.1, -0.05) is 17.7 Å². The van der Waals surface area contributed by atoms with E-state index in [1.165, 1.54) is 19.3 Å². The lowest BCUT2D eigenvalue weighted by Gasteiger charge is -2.47. The SMILES string of the molecule is CN(C)C1(CNCc2ccc(O)c(Cl)c2)CCC1. The average Bonchev–Trinajstić information content (AvgIpc) is 2.26. The van der Waals surface area contributed by atoms with Gasteiger partial charge in [0.1, 0.15) is 5.75 Å². The van der Waals surface area contributed by atoms with E-state index in [1.807, 2.05) is 12.1 Å². The van der Waals surface area contributed by atoms with E-state index < -0.39 is 0 Å². The number of rotatable bonds is 5. The molecule has 0 spiro atoms. The molecule has 0 amide bonds. The number of phenols is 1. The summed E-state index contributed by atoms with van der Waals surface area (Å²) in [6.07, 6.45) is 3.86. The lowest BCUT2D eigenvalue weighted by atomic mass is 9.75. The zero-order valence-corrected chi connectivity index (χ0v) is 11.8. The van der Waals surface area contributed by atoms with E-state index in [0.717, 1.165) is 18.7 Å². The number of phenolic OH excluding ortho intramolecular Hbond substituents is 1. The molecule has 4 heteroatoms. The number of nitrogens with zero attached hydrogens (tertiary/aromatic N) is 1. The first-order chi connectivity index (χ1) is 8.53. The third-order valence-electron chi connectivity index (χ3n) is 4.03. The van der Waals surface area contributed by atoms with Crippen molar-refractivity contribution in [3.63, 3.8) is 0 Å². The quantitative estimate of drug-likeness (QED) is 0.862. The Labute approximate surface area is 114 Å². The van der Waals surface area contributed by atoms with Gasteiger partial charge in [0, 0.05) is 18.6 Å². The molecule has 0 unspecified atom stereocenters. The highest BCUT2D eigenvalue weighted by Crippen LogP contribution is 2.35. The predicted octanol–water partition coefficient (Wildman–Crippen LogP) is 2.62. The summed E-state index contributed by atoms with van der Waals surface area (Å²) in [5, 5.41) is 13.3. The van der Waals surface area contributed by atoms with Crippen molar-refractivity contribution < 1.29 is 5.11 Å². The van der Waals surface area contributed by atoms with Gasteiger partial charge in [-0.15, -0.1) is 0 Å². The van der Waals surface area contributed by atoms with Crippen LogP contribution in [0.2, 0.25) is 5.02 Å². The number of aromatic hydroxyl groups is 1. The van der Waals surface area contributed by atoms with Crippen LogP contribution in [0.3, 0.4) is 0 Å². The largest absolute Gasteiger partial charge is 0.506 e. The van der Waals surface area contributed by atoms with Crippen LogP contribution in [0.25, 0.3) is 0 Å². The standard InChI is InChI=1S/C14H21ClN2O/c1-17(2)14(6-3-7-14)10-16-9-11-4-5-13(18)12(15)8-11/h4-5,8,16,18H,3,6-7,9-10H2,1-2H3. The lowest BCUT2D eigenvalue weighted by molar-refractivity contribution is 0.0598. The summed E-state index contributed by atoms with van der Waals surface area (Å²) in [4.78, 5) is 2.33. The minimum Gasteiger partial charge on any atom is -0.506 e. The monoisotopic (exact) mass is 268 g/mol. The molecule has 1 saturated carbocycles. The van der Waals surface area contributed by atoms with Crippen LogP contribution in [0.1, 0.15) is 24.8 Å². The third kappa shape index (κ3) is 2.79. The Kier molecular flexibility index (Phi) is 4.15. The normalized spacial score (nSPS) is 17.8. The average molecular weight is 269 g/mol. The van der Waals surface area contributed by atoms with Gasteiger partial charge in [-0.3, -0.25) is 0 Å². The second kappa shape index (κ2) is 5.47. The molecular weight excluding hydrogens is 248 g/mol. The maximum absolute atomic E-state index is 9.36. The molecule has 0 saturated heterocycles. The highest BCUT2D eigenvalue weighted by atomic mass is 35.5. The molecule has 0 radical (unpaired) electrons. The zero-order chi connectivity index (χ0) is 13.2. The molecule has 1 aliphatic carbocycles. The summed E-state index contributed by atoms with van der Waals surface area (Å²) in [6, 6.07) is 5.36. The molecule has 3 nitrogen and oxygen atoms in total. The second-order valence-electron chi connectivity index (χ2n) is 5.36. The smallest absolute Gasteiger partial charge is 0.134 e. The van der Waals surface area contributed by atoms with Crippen LogP contribution < -0.4 is 5.32 Å². The van der Waals surface area contributed by atoms with Crippen LogP contribution >= 0.6 is 11.6 Å².